The summed E-state index contributed by atoms with van der Waals surface area (Å²) in [4.78, 5) is 34.5. The van der Waals surface area contributed by atoms with Crippen molar-refractivity contribution in [3.05, 3.63) is 41.7 Å². The molecule has 0 bridgehead atoms. The summed E-state index contributed by atoms with van der Waals surface area (Å²) >= 11 is 0. The number of aryl methyl sites for hydroxylation is 1. The van der Waals surface area contributed by atoms with E-state index in [1.165, 1.54) is 12.3 Å². The maximum atomic E-state index is 14.3. The van der Waals surface area contributed by atoms with Crippen LogP contribution in [0.1, 0.15) is 49.5 Å². The van der Waals surface area contributed by atoms with Crippen molar-refractivity contribution >= 4 is 23.6 Å². The smallest absolute Gasteiger partial charge is 0.447 e. The number of alkyl carbamates (subject to hydrolysis) is 1. The van der Waals surface area contributed by atoms with Gasteiger partial charge < -0.3 is 25.0 Å². The first-order valence-electron chi connectivity index (χ1n) is 11.6. The highest BCUT2D eigenvalue weighted by atomic mass is 19.4. The van der Waals surface area contributed by atoms with Gasteiger partial charge in [-0.3, -0.25) is 4.79 Å². The van der Waals surface area contributed by atoms with Crippen molar-refractivity contribution in [1.29, 1.82) is 0 Å². The van der Waals surface area contributed by atoms with E-state index in [9.17, 15) is 31.5 Å². The first-order chi connectivity index (χ1) is 17.5. The lowest BCUT2D eigenvalue weighted by Gasteiger charge is -2.39. The zero-order valence-electron chi connectivity index (χ0n) is 21.2. The van der Waals surface area contributed by atoms with Crippen LogP contribution in [0.4, 0.5) is 38.4 Å². The van der Waals surface area contributed by atoms with Crippen molar-refractivity contribution in [3.63, 3.8) is 0 Å². The average Bonchev–Trinajstić information content (AvgIpc) is 2.76. The maximum absolute atomic E-state index is 14.3. The molecule has 1 atom stereocenters. The van der Waals surface area contributed by atoms with Crippen LogP contribution in [0.5, 0.6) is 5.75 Å². The van der Waals surface area contributed by atoms with Crippen LogP contribution in [-0.4, -0.2) is 63.9 Å². The summed E-state index contributed by atoms with van der Waals surface area (Å²) < 4.78 is 75.2. The Labute approximate surface area is 215 Å². The van der Waals surface area contributed by atoms with Crippen molar-refractivity contribution < 1.29 is 41.0 Å². The third kappa shape index (κ3) is 8.42. The predicted molar refractivity (Wildman–Crippen MR) is 126 cm³/mol. The fourth-order valence-electron chi connectivity index (χ4n) is 3.70. The van der Waals surface area contributed by atoms with Gasteiger partial charge in [0.2, 0.25) is 0 Å². The first kappa shape index (κ1) is 28.9. The fraction of sp³-hybridized carbons (Fsp3) is 0.500. The molecule has 2 amide bonds. The zero-order valence-corrected chi connectivity index (χ0v) is 21.2. The summed E-state index contributed by atoms with van der Waals surface area (Å²) in [5, 5.41) is 5.28. The van der Waals surface area contributed by atoms with Crippen molar-refractivity contribution in [1.82, 2.24) is 20.2 Å². The van der Waals surface area contributed by atoms with Crippen molar-refractivity contribution in [2.75, 3.05) is 18.5 Å². The highest BCUT2D eigenvalue weighted by Crippen LogP contribution is 2.32. The van der Waals surface area contributed by atoms with Crippen molar-refractivity contribution in [2.45, 2.75) is 64.4 Å². The Morgan fingerprint density at radius 1 is 1.16 bits per heavy atom. The second-order valence-corrected chi connectivity index (χ2v) is 9.89. The first-order valence-corrected chi connectivity index (χ1v) is 11.6. The molecule has 1 saturated heterocycles. The number of piperidine rings is 1. The second-order valence-electron chi connectivity index (χ2n) is 9.89. The third-order valence-corrected chi connectivity index (χ3v) is 5.39. The molecule has 2 aromatic rings. The number of ether oxygens (including phenoxy) is 2. The van der Waals surface area contributed by atoms with Crippen LogP contribution in [-0.2, 0) is 4.74 Å². The lowest BCUT2D eigenvalue weighted by molar-refractivity contribution is -0.274. The zero-order chi connectivity index (χ0) is 28.3. The summed E-state index contributed by atoms with van der Waals surface area (Å²) in [7, 11) is 0. The summed E-state index contributed by atoms with van der Waals surface area (Å²) in [5.74, 6) is -4.41. The molecule has 1 fully saturated rings. The van der Waals surface area contributed by atoms with E-state index in [0.29, 0.717) is 5.56 Å². The topological polar surface area (TPSA) is 106 Å². The Kier molecular flexibility index (Phi) is 8.32. The Bertz CT molecular complexity index is 1170. The van der Waals surface area contributed by atoms with E-state index >= 15 is 0 Å². The molecule has 38 heavy (non-hydrogen) atoms. The number of hydrogen-bond acceptors (Lipinski definition) is 7. The van der Waals surface area contributed by atoms with Gasteiger partial charge in [0.15, 0.2) is 0 Å². The van der Waals surface area contributed by atoms with Gasteiger partial charge in [-0.25, -0.2) is 23.5 Å². The van der Waals surface area contributed by atoms with Crippen molar-refractivity contribution in [3.8, 4) is 5.75 Å². The summed E-state index contributed by atoms with van der Waals surface area (Å²) in [6.07, 6.45) is -3.80. The van der Waals surface area contributed by atoms with Crippen LogP contribution in [0.25, 0.3) is 0 Å². The van der Waals surface area contributed by atoms with Gasteiger partial charge in [-0.2, -0.15) is 0 Å². The maximum Gasteiger partial charge on any atom is 0.573 e. The molecule has 1 aliphatic heterocycles. The average molecular weight is 546 g/mol. The molecule has 0 spiro atoms. The number of alkyl halides is 5. The van der Waals surface area contributed by atoms with Crippen LogP contribution in [0, 0.1) is 6.92 Å². The number of pyridine rings is 2. The van der Waals surface area contributed by atoms with Gasteiger partial charge in [0.05, 0.1) is 12.6 Å². The number of aromatic nitrogens is 2. The number of anilines is 2. The number of likely N-dealkylation sites (tertiary alicyclic amines) is 1. The summed E-state index contributed by atoms with van der Waals surface area (Å²) in [5.41, 5.74) is -0.162. The van der Waals surface area contributed by atoms with Crippen LogP contribution in [0.15, 0.2) is 30.6 Å². The van der Waals surface area contributed by atoms with Gasteiger partial charge >= 0.3 is 12.5 Å². The quantitative estimate of drug-likeness (QED) is 0.481. The largest absolute Gasteiger partial charge is 0.573 e. The molecule has 0 aromatic carbocycles. The van der Waals surface area contributed by atoms with Crippen LogP contribution < -0.4 is 15.4 Å². The minimum atomic E-state index is -4.90. The molecule has 0 aliphatic carbocycles. The molecule has 1 aliphatic rings. The van der Waals surface area contributed by atoms with Crippen molar-refractivity contribution in [2.24, 2.45) is 0 Å². The fourth-order valence-corrected chi connectivity index (χ4v) is 3.70. The van der Waals surface area contributed by atoms with E-state index in [2.05, 4.69) is 25.3 Å². The van der Waals surface area contributed by atoms with Crippen LogP contribution >= 0.6 is 0 Å². The predicted octanol–water partition coefficient (Wildman–Crippen LogP) is 5.19. The number of amides is 2. The van der Waals surface area contributed by atoms with E-state index in [4.69, 9.17) is 4.74 Å². The minimum Gasteiger partial charge on any atom is -0.447 e. The molecule has 14 heteroatoms. The Hall–Kier alpha value is -3.71. The Balaban J connectivity index is 1.80. The number of nitrogens with zero attached hydrogens (tertiary/aromatic N) is 3. The number of hydrogen-bond donors (Lipinski definition) is 2. The minimum absolute atomic E-state index is 0.0343. The number of carbonyl (C=O) groups is 2. The highest BCUT2D eigenvalue weighted by Gasteiger charge is 2.43. The monoisotopic (exact) mass is 545 g/mol. The number of rotatable bonds is 6. The van der Waals surface area contributed by atoms with Gasteiger partial charge in [-0.15, -0.1) is 13.2 Å². The van der Waals surface area contributed by atoms with Gasteiger partial charge in [-0.05, 0) is 51.8 Å². The van der Waals surface area contributed by atoms with Gasteiger partial charge in [0.1, 0.15) is 24.0 Å². The van der Waals surface area contributed by atoms with E-state index in [0.717, 1.165) is 23.2 Å². The Morgan fingerprint density at radius 3 is 2.50 bits per heavy atom. The number of halogens is 5. The number of carbonyl (C=O) groups excluding carboxylic acids is 2. The van der Waals surface area contributed by atoms with E-state index in [1.807, 2.05) is 0 Å². The standard InChI is InChI=1S/C24H28F5N5O4/c1-14-11-31-19(32-18-9-16(6-8-30-18)38-24(27,28)29)10-17(14)20(35)34-13-23(25,26)7-5-15(34)12-37-21(36)33-22(2,3)4/h6,8-11,15H,5,7,12-13H2,1-4H3,(H,33,36)(H,30,31,32). The number of nitrogens with one attached hydrogen (secondary N) is 2. The molecule has 0 saturated carbocycles. The van der Waals surface area contributed by atoms with E-state index < -0.39 is 54.6 Å². The molecule has 2 N–H and O–H groups in total. The van der Waals surface area contributed by atoms with Gasteiger partial charge in [0.25, 0.3) is 11.8 Å². The molecule has 208 valence electrons. The van der Waals surface area contributed by atoms with Crippen LogP contribution in [0.2, 0.25) is 0 Å². The van der Waals surface area contributed by atoms with E-state index in [1.54, 1.807) is 27.7 Å². The molecule has 3 heterocycles. The molecule has 0 radical (unpaired) electrons. The Morgan fingerprint density at radius 2 is 1.84 bits per heavy atom. The molecule has 1 unspecified atom stereocenters. The highest BCUT2D eigenvalue weighted by molar-refractivity contribution is 5.96. The summed E-state index contributed by atoms with van der Waals surface area (Å²) in [6, 6.07) is 2.48. The molecule has 3 rings (SSSR count). The SMILES string of the molecule is Cc1cnc(Nc2cc(OC(F)(F)F)ccn2)cc1C(=O)N1CC(F)(F)CCC1COC(=O)NC(C)(C)C. The molecule has 9 nitrogen and oxygen atoms in total. The van der Waals surface area contributed by atoms with Gasteiger partial charge in [-0.1, -0.05) is 0 Å². The van der Waals surface area contributed by atoms with Crippen LogP contribution in [0.3, 0.4) is 0 Å². The third-order valence-electron chi connectivity index (χ3n) is 5.39. The van der Waals surface area contributed by atoms with Gasteiger partial charge in [0, 0.05) is 36.0 Å². The molecular weight excluding hydrogens is 517 g/mol. The molecule has 2 aromatic heterocycles. The van der Waals surface area contributed by atoms with E-state index in [-0.39, 0.29) is 30.2 Å². The lowest BCUT2D eigenvalue weighted by atomic mass is 9.98. The summed E-state index contributed by atoms with van der Waals surface area (Å²) in [6.45, 7) is 5.65. The second kappa shape index (κ2) is 11.0. The molecular formula is C24H28F5N5O4. The lowest BCUT2D eigenvalue weighted by Crippen LogP contribution is -2.54. The normalized spacial score (nSPS) is 17.5.